The first-order valence-corrected chi connectivity index (χ1v) is 7.34. The zero-order valence-corrected chi connectivity index (χ0v) is 12.9. The quantitative estimate of drug-likeness (QED) is 0.726. The Morgan fingerprint density at radius 2 is 1.84 bits per heavy atom. The topological polar surface area (TPSA) is 61.6 Å². The van der Waals surface area contributed by atoms with Crippen molar-refractivity contribution in [2.24, 2.45) is 5.73 Å². The minimum atomic E-state index is -0.244. The Morgan fingerprint density at radius 1 is 1.26 bits per heavy atom. The maximum absolute atomic E-state index is 11.4. The van der Waals surface area contributed by atoms with Crippen molar-refractivity contribution >= 4 is 5.91 Å². The van der Waals surface area contributed by atoms with Gasteiger partial charge >= 0.3 is 0 Å². The van der Waals surface area contributed by atoms with E-state index in [1.54, 1.807) is 0 Å². The highest BCUT2D eigenvalue weighted by molar-refractivity contribution is 5.80. The molecule has 1 amide bonds. The van der Waals surface area contributed by atoms with Crippen LogP contribution in [0.2, 0.25) is 0 Å². The number of primary amides is 1. The van der Waals surface area contributed by atoms with Crippen molar-refractivity contribution in [3.63, 3.8) is 0 Å². The minimum absolute atomic E-state index is 0.221. The molecule has 112 valence electrons. The van der Waals surface area contributed by atoms with Crippen molar-refractivity contribution in [2.45, 2.75) is 45.7 Å². The summed E-state index contributed by atoms with van der Waals surface area (Å²) in [7, 11) is 0. The molecule has 1 fully saturated rings. The van der Waals surface area contributed by atoms with E-state index in [2.05, 4.69) is 42.8 Å². The van der Waals surface area contributed by atoms with Gasteiger partial charge in [-0.2, -0.15) is 0 Å². The molecule has 1 aliphatic heterocycles. The molecule has 1 heterocycles. The third-order valence-corrected chi connectivity index (χ3v) is 3.75. The Bertz CT molecular complexity index is 280. The summed E-state index contributed by atoms with van der Waals surface area (Å²) in [4.78, 5) is 16.2. The van der Waals surface area contributed by atoms with E-state index in [1.165, 1.54) is 0 Å². The molecule has 0 bridgehead atoms. The van der Waals surface area contributed by atoms with Gasteiger partial charge in [0.05, 0.1) is 6.04 Å². The number of amides is 1. The van der Waals surface area contributed by atoms with Gasteiger partial charge in [-0.3, -0.25) is 14.6 Å². The summed E-state index contributed by atoms with van der Waals surface area (Å²) in [6.45, 7) is 14.5. The molecule has 0 saturated carbocycles. The van der Waals surface area contributed by atoms with E-state index < -0.39 is 0 Å². The Labute approximate surface area is 117 Å². The van der Waals surface area contributed by atoms with E-state index >= 15 is 0 Å². The van der Waals surface area contributed by atoms with E-state index in [4.69, 9.17) is 5.73 Å². The molecule has 0 spiro atoms. The maximum Gasteiger partial charge on any atom is 0.235 e. The average Bonchev–Trinajstić information content (AvgIpc) is 2.33. The molecule has 0 aromatic heterocycles. The number of carbonyl (C=O) groups is 1. The van der Waals surface area contributed by atoms with Gasteiger partial charge < -0.3 is 11.1 Å². The highest BCUT2D eigenvalue weighted by Crippen LogP contribution is 2.15. The Kier molecular flexibility index (Phi) is 6.23. The van der Waals surface area contributed by atoms with Gasteiger partial charge in [-0.05, 0) is 33.7 Å². The highest BCUT2D eigenvalue weighted by atomic mass is 16.1. The average molecular weight is 270 g/mol. The van der Waals surface area contributed by atoms with Crippen LogP contribution in [0.15, 0.2) is 0 Å². The minimum Gasteiger partial charge on any atom is -0.368 e. The molecule has 0 aromatic rings. The molecule has 0 aliphatic carbocycles. The second-order valence-electron chi connectivity index (χ2n) is 6.37. The molecule has 3 N–H and O–H groups in total. The maximum atomic E-state index is 11.4. The van der Waals surface area contributed by atoms with Gasteiger partial charge in [0.25, 0.3) is 0 Å². The van der Waals surface area contributed by atoms with Crippen molar-refractivity contribution in [2.75, 3.05) is 39.3 Å². The summed E-state index contributed by atoms with van der Waals surface area (Å²) in [5, 5.41) is 3.23. The van der Waals surface area contributed by atoms with E-state index in [9.17, 15) is 4.79 Å². The monoisotopic (exact) mass is 270 g/mol. The predicted molar refractivity (Wildman–Crippen MR) is 79.0 cm³/mol. The lowest BCUT2D eigenvalue weighted by Gasteiger charge is -2.42. The van der Waals surface area contributed by atoms with Crippen molar-refractivity contribution < 1.29 is 4.79 Å². The van der Waals surface area contributed by atoms with Crippen LogP contribution in [0.4, 0.5) is 0 Å². The molecule has 1 rings (SSSR count). The number of nitrogens with one attached hydrogen (secondary N) is 1. The van der Waals surface area contributed by atoms with Gasteiger partial charge in [0, 0.05) is 38.3 Å². The smallest absolute Gasteiger partial charge is 0.235 e. The van der Waals surface area contributed by atoms with Crippen molar-refractivity contribution in [3.8, 4) is 0 Å². The first kappa shape index (κ1) is 16.4. The van der Waals surface area contributed by atoms with Crippen LogP contribution in [0.5, 0.6) is 0 Å². The number of hydrogen-bond donors (Lipinski definition) is 2. The van der Waals surface area contributed by atoms with Crippen LogP contribution >= 0.6 is 0 Å². The number of nitrogens with two attached hydrogens (primary N) is 1. The molecular weight excluding hydrogens is 240 g/mol. The summed E-state index contributed by atoms with van der Waals surface area (Å²) in [6, 6.07) is -0.221. The lowest BCUT2D eigenvalue weighted by Crippen LogP contribution is -2.57. The lowest BCUT2D eigenvalue weighted by molar-refractivity contribution is -0.120. The third-order valence-electron chi connectivity index (χ3n) is 3.75. The Hall–Kier alpha value is -0.650. The zero-order valence-electron chi connectivity index (χ0n) is 12.9. The predicted octanol–water partition coefficient (Wildman–Crippen LogP) is 0.256. The van der Waals surface area contributed by atoms with E-state index in [1.807, 2.05) is 0 Å². The number of nitrogens with zero attached hydrogens (tertiary/aromatic N) is 2. The number of piperazine rings is 1. The van der Waals surface area contributed by atoms with Crippen LogP contribution in [0.3, 0.4) is 0 Å². The molecule has 1 atom stereocenters. The summed E-state index contributed by atoms with van der Waals surface area (Å²) in [5.74, 6) is -0.244. The van der Waals surface area contributed by atoms with E-state index in [0.717, 1.165) is 45.7 Å². The highest BCUT2D eigenvalue weighted by Gasteiger charge is 2.27. The van der Waals surface area contributed by atoms with Gasteiger partial charge in [-0.25, -0.2) is 0 Å². The van der Waals surface area contributed by atoms with E-state index in [-0.39, 0.29) is 17.5 Å². The SMILES string of the molecule is CCCNC(CN1CCN(C(C)(C)C)CC1)C(N)=O. The van der Waals surface area contributed by atoms with Gasteiger partial charge in [0.1, 0.15) is 0 Å². The second-order valence-corrected chi connectivity index (χ2v) is 6.37. The summed E-state index contributed by atoms with van der Waals surface area (Å²) >= 11 is 0. The molecular formula is C14H30N4O. The fourth-order valence-corrected chi connectivity index (χ4v) is 2.43. The lowest BCUT2D eigenvalue weighted by atomic mass is 10.0. The molecule has 0 aromatic carbocycles. The largest absolute Gasteiger partial charge is 0.368 e. The summed E-state index contributed by atoms with van der Waals surface area (Å²) < 4.78 is 0. The van der Waals surface area contributed by atoms with Gasteiger partial charge in [-0.1, -0.05) is 6.92 Å². The van der Waals surface area contributed by atoms with Crippen LogP contribution in [0.1, 0.15) is 34.1 Å². The van der Waals surface area contributed by atoms with Crippen LogP contribution in [0.25, 0.3) is 0 Å². The fraction of sp³-hybridized carbons (Fsp3) is 0.929. The standard InChI is InChI=1S/C14H30N4O/c1-5-6-16-12(13(15)19)11-17-7-9-18(10-8-17)14(2,3)4/h12,16H,5-11H2,1-4H3,(H2,15,19). The molecule has 0 radical (unpaired) electrons. The van der Waals surface area contributed by atoms with Crippen LogP contribution in [-0.2, 0) is 4.79 Å². The summed E-state index contributed by atoms with van der Waals surface area (Å²) in [5.41, 5.74) is 5.68. The molecule has 5 nitrogen and oxygen atoms in total. The zero-order chi connectivity index (χ0) is 14.5. The second kappa shape index (κ2) is 7.22. The first-order chi connectivity index (χ1) is 8.84. The molecule has 1 saturated heterocycles. The van der Waals surface area contributed by atoms with Crippen molar-refractivity contribution in [3.05, 3.63) is 0 Å². The van der Waals surface area contributed by atoms with Crippen molar-refractivity contribution in [1.29, 1.82) is 0 Å². The molecule has 1 aliphatic rings. The number of rotatable bonds is 6. The molecule has 5 heteroatoms. The number of carbonyl (C=O) groups excluding carboxylic acids is 1. The normalized spacial score (nSPS) is 20.4. The Balaban J connectivity index is 2.40. The Morgan fingerprint density at radius 3 is 2.26 bits per heavy atom. The number of hydrogen-bond acceptors (Lipinski definition) is 4. The van der Waals surface area contributed by atoms with E-state index in [0.29, 0.717) is 0 Å². The third kappa shape index (κ3) is 5.47. The van der Waals surface area contributed by atoms with Gasteiger partial charge in [0.15, 0.2) is 0 Å². The van der Waals surface area contributed by atoms with Crippen LogP contribution < -0.4 is 11.1 Å². The summed E-state index contributed by atoms with van der Waals surface area (Å²) in [6.07, 6.45) is 1.02. The molecule has 1 unspecified atom stereocenters. The van der Waals surface area contributed by atoms with Crippen molar-refractivity contribution in [1.82, 2.24) is 15.1 Å². The van der Waals surface area contributed by atoms with Crippen LogP contribution in [0, 0.1) is 0 Å². The fourth-order valence-electron chi connectivity index (χ4n) is 2.43. The first-order valence-electron chi connectivity index (χ1n) is 7.34. The van der Waals surface area contributed by atoms with Gasteiger partial charge in [-0.15, -0.1) is 0 Å². The van der Waals surface area contributed by atoms with Crippen LogP contribution in [-0.4, -0.2) is 66.6 Å². The molecule has 19 heavy (non-hydrogen) atoms. The van der Waals surface area contributed by atoms with Gasteiger partial charge in [0.2, 0.25) is 5.91 Å².